The van der Waals surface area contributed by atoms with Gasteiger partial charge in [-0.1, -0.05) is 96.5 Å². The predicted molar refractivity (Wildman–Crippen MR) is 144 cm³/mol. The second-order valence-corrected chi connectivity index (χ2v) is 9.50. The first-order valence-corrected chi connectivity index (χ1v) is 12.5. The summed E-state index contributed by atoms with van der Waals surface area (Å²) in [4.78, 5) is 26.6. The van der Waals surface area contributed by atoms with Crippen molar-refractivity contribution in [2.75, 3.05) is 0 Å². The monoisotopic (exact) mass is 506 g/mol. The lowest BCUT2D eigenvalue weighted by molar-refractivity contribution is 0.134. The summed E-state index contributed by atoms with van der Waals surface area (Å²) in [5, 5.41) is 3.44. The molecule has 0 aliphatic heterocycles. The lowest BCUT2D eigenvalue weighted by Crippen LogP contribution is -2.35. The van der Waals surface area contributed by atoms with Crippen molar-refractivity contribution in [3.05, 3.63) is 113 Å². The van der Waals surface area contributed by atoms with E-state index >= 15 is 0 Å². The van der Waals surface area contributed by atoms with Crippen LogP contribution in [-0.2, 0) is 16.9 Å². The van der Waals surface area contributed by atoms with Crippen molar-refractivity contribution in [2.24, 2.45) is 0 Å². The Kier molecular flexibility index (Phi) is 6.02. The average molecular weight is 507 g/mol. The van der Waals surface area contributed by atoms with Gasteiger partial charge in [-0.3, -0.25) is 0 Å². The maximum absolute atomic E-state index is 12.5. The van der Waals surface area contributed by atoms with Gasteiger partial charge in [0.25, 0.3) is 0 Å². The Morgan fingerprint density at radius 3 is 2.14 bits per heavy atom. The molecule has 1 aliphatic rings. The average Bonchev–Trinajstić information content (AvgIpc) is 3.73. The lowest BCUT2D eigenvalue weighted by Gasteiger charge is -2.18. The second-order valence-electron chi connectivity index (χ2n) is 9.11. The van der Waals surface area contributed by atoms with Crippen LogP contribution in [0.15, 0.2) is 97.1 Å². The summed E-state index contributed by atoms with van der Waals surface area (Å²) in [6.45, 7) is 0.239. The number of hydrogen-bond acceptors (Lipinski definition) is 5. The fraction of sp³-hybridized carbons (Fsp3) is 0.133. The number of aromatic nitrogens is 3. The number of ether oxygens (including phenoxy) is 1. The maximum atomic E-state index is 12.5. The third-order valence-corrected chi connectivity index (χ3v) is 6.77. The van der Waals surface area contributed by atoms with Gasteiger partial charge < -0.3 is 10.1 Å². The van der Waals surface area contributed by atoms with Crippen molar-refractivity contribution in [3.8, 4) is 22.5 Å². The molecule has 0 radical (unpaired) electrons. The molecule has 6 rings (SSSR count). The molecule has 1 saturated carbocycles. The minimum Gasteiger partial charge on any atom is -0.445 e. The van der Waals surface area contributed by atoms with E-state index in [0.29, 0.717) is 16.3 Å². The zero-order valence-corrected chi connectivity index (χ0v) is 20.7. The van der Waals surface area contributed by atoms with Gasteiger partial charge in [0.05, 0.1) is 16.9 Å². The first-order valence-electron chi connectivity index (χ1n) is 12.1. The van der Waals surface area contributed by atoms with Crippen LogP contribution < -0.4 is 5.32 Å². The highest BCUT2D eigenvalue weighted by Gasteiger charge is 2.46. The normalized spacial score (nSPS) is 13.8. The molecule has 0 atom stereocenters. The summed E-state index contributed by atoms with van der Waals surface area (Å²) in [5.74, 6) is 0. The van der Waals surface area contributed by atoms with E-state index in [1.165, 1.54) is 0 Å². The van der Waals surface area contributed by atoms with Crippen molar-refractivity contribution in [2.45, 2.75) is 25.0 Å². The predicted octanol–water partition coefficient (Wildman–Crippen LogP) is 6.93. The number of alkyl carbamates (subject to hydrolysis) is 1. The van der Waals surface area contributed by atoms with Gasteiger partial charge in [-0.2, -0.15) is 0 Å². The first kappa shape index (κ1) is 23.1. The minimum absolute atomic E-state index is 0.239. The molecule has 5 aromatic rings. The molecule has 2 aromatic heterocycles. The molecule has 37 heavy (non-hydrogen) atoms. The molecule has 0 bridgehead atoms. The zero-order valence-electron chi connectivity index (χ0n) is 19.9. The molecule has 182 valence electrons. The van der Waals surface area contributed by atoms with Gasteiger partial charge in [0.2, 0.25) is 0 Å². The molecule has 6 nitrogen and oxygen atoms in total. The van der Waals surface area contributed by atoms with Gasteiger partial charge >= 0.3 is 6.09 Å². The van der Waals surface area contributed by atoms with Crippen molar-refractivity contribution in [1.29, 1.82) is 0 Å². The lowest BCUT2D eigenvalue weighted by atomic mass is 9.99. The molecule has 1 aliphatic carbocycles. The van der Waals surface area contributed by atoms with Crippen molar-refractivity contribution in [1.82, 2.24) is 20.3 Å². The molecule has 1 fully saturated rings. The molecule has 1 amide bonds. The fourth-order valence-corrected chi connectivity index (χ4v) is 4.57. The Morgan fingerprint density at radius 2 is 1.43 bits per heavy atom. The summed E-state index contributed by atoms with van der Waals surface area (Å²) in [6.07, 6.45) is 1.31. The number of halogens is 1. The summed E-state index contributed by atoms with van der Waals surface area (Å²) < 4.78 is 5.45. The van der Waals surface area contributed by atoms with E-state index in [1.54, 1.807) is 6.07 Å². The van der Waals surface area contributed by atoms with Crippen LogP contribution in [0.1, 0.15) is 24.0 Å². The largest absolute Gasteiger partial charge is 0.445 e. The highest BCUT2D eigenvalue weighted by atomic mass is 35.5. The van der Waals surface area contributed by atoms with Crippen LogP contribution in [0.2, 0.25) is 5.15 Å². The third-order valence-electron chi connectivity index (χ3n) is 6.56. The van der Waals surface area contributed by atoms with Crippen molar-refractivity contribution >= 4 is 28.9 Å². The molecule has 0 unspecified atom stereocenters. The molecule has 7 heteroatoms. The van der Waals surface area contributed by atoms with E-state index in [0.717, 1.165) is 46.5 Å². The van der Waals surface area contributed by atoms with E-state index in [9.17, 15) is 4.79 Å². The zero-order chi connectivity index (χ0) is 25.2. The first-order chi connectivity index (χ1) is 18.1. The third kappa shape index (κ3) is 4.88. The summed E-state index contributed by atoms with van der Waals surface area (Å²) in [6, 6.07) is 31.3. The molecule has 1 N–H and O–H groups in total. The second kappa shape index (κ2) is 9.64. The summed E-state index contributed by atoms with van der Waals surface area (Å²) in [7, 11) is 0. The van der Waals surface area contributed by atoms with Crippen molar-refractivity contribution < 1.29 is 9.53 Å². The number of amides is 1. The minimum atomic E-state index is -0.417. The van der Waals surface area contributed by atoms with Crippen LogP contribution in [-0.4, -0.2) is 21.0 Å². The van der Waals surface area contributed by atoms with Gasteiger partial charge in [-0.25, -0.2) is 19.7 Å². The molecule has 3 aromatic carbocycles. The highest BCUT2D eigenvalue weighted by molar-refractivity contribution is 6.29. The SMILES string of the molecule is O=C(NC1(c2ccc(-c3nc4nc(Cl)ccc4nc3-c3ccccc3)cc2)CC1)OCc1ccccc1. The summed E-state index contributed by atoms with van der Waals surface area (Å²) in [5.41, 5.74) is 6.12. The number of pyridine rings is 1. The van der Waals surface area contributed by atoms with Gasteiger partial charge in [-0.15, -0.1) is 0 Å². The Hall–Kier alpha value is -4.29. The van der Waals surface area contributed by atoms with Gasteiger partial charge in [-0.05, 0) is 36.1 Å². The number of nitrogens with one attached hydrogen (secondary N) is 1. The van der Waals surface area contributed by atoms with Crippen LogP contribution in [0.5, 0.6) is 0 Å². The Labute approximate surface area is 219 Å². The van der Waals surface area contributed by atoms with Crippen LogP contribution in [0.4, 0.5) is 4.79 Å². The highest BCUT2D eigenvalue weighted by Crippen LogP contribution is 2.46. The van der Waals surface area contributed by atoms with E-state index in [1.807, 2.05) is 91.0 Å². The van der Waals surface area contributed by atoms with Gasteiger partial charge in [0, 0.05) is 11.1 Å². The van der Waals surface area contributed by atoms with Crippen molar-refractivity contribution in [3.63, 3.8) is 0 Å². The number of carbonyl (C=O) groups is 1. The molecule has 2 heterocycles. The Bertz CT molecular complexity index is 1570. The number of hydrogen-bond donors (Lipinski definition) is 1. The van der Waals surface area contributed by atoms with Crippen LogP contribution in [0, 0.1) is 0 Å². The van der Waals surface area contributed by atoms with Gasteiger partial charge in [0.15, 0.2) is 5.65 Å². The van der Waals surface area contributed by atoms with Gasteiger partial charge in [0.1, 0.15) is 17.3 Å². The van der Waals surface area contributed by atoms with Crippen LogP contribution in [0.25, 0.3) is 33.7 Å². The number of fused-ring (bicyclic) bond motifs is 1. The quantitative estimate of drug-likeness (QED) is 0.253. The van der Waals surface area contributed by atoms with E-state index in [-0.39, 0.29) is 6.61 Å². The number of carbonyl (C=O) groups excluding carboxylic acids is 1. The molecular weight excluding hydrogens is 484 g/mol. The molecule has 0 spiro atoms. The molecule has 0 saturated heterocycles. The standard InChI is InChI=1S/C30H23ClN4O2/c31-25-16-15-24-28(33-25)34-27(26(32-24)21-9-5-2-6-10-21)22-11-13-23(14-12-22)30(17-18-30)35-29(36)37-19-20-7-3-1-4-8-20/h1-16H,17-19H2,(H,35,36). The van der Waals surface area contributed by atoms with E-state index in [4.69, 9.17) is 26.3 Å². The molecular formula is C30H23ClN4O2. The van der Waals surface area contributed by atoms with Crippen LogP contribution >= 0.6 is 11.6 Å². The fourth-order valence-electron chi connectivity index (χ4n) is 4.43. The Balaban J connectivity index is 1.27. The number of benzene rings is 3. The Morgan fingerprint density at radius 1 is 0.784 bits per heavy atom. The van der Waals surface area contributed by atoms with Crippen LogP contribution in [0.3, 0.4) is 0 Å². The number of nitrogens with zero attached hydrogens (tertiary/aromatic N) is 3. The summed E-state index contributed by atoms with van der Waals surface area (Å²) >= 11 is 6.13. The maximum Gasteiger partial charge on any atom is 0.408 e. The number of rotatable bonds is 6. The van der Waals surface area contributed by atoms with E-state index in [2.05, 4.69) is 10.3 Å². The smallest absolute Gasteiger partial charge is 0.408 e. The topological polar surface area (TPSA) is 77.0 Å². The van der Waals surface area contributed by atoms with E-state index < -0.39 is 11.6 Å².